The number of para-hydroxylation sites is 1. The van der Waals surface area contributed by atoms with Gasteiger partial charge in [0.25, 0.3) is 0 Å². The normalized spacial score (nSPS) is 11.8. The Morgan fingerprint density at radius 1 is 1.24 bits per heavy atom. The number of amides is 2. The molecule has 0 bridgehead atoms. The van der Waals surface area contributed by atoms with Gasteiger partial charge in [-0.3, -0.25) is 0 Å². The van der Waals surface area contributed by atoms with Crippen molar-refractivity contribution in [3.63, 3.8) is 0 Å². The highest BCUT2D eigenvalue weighted by atomic mass is 16.5. The van der Waals surface area contributed by atoms with Crippen molar-refractivity contribution >= 4 is 12.0 Å². The lowest BCUT2D eigenvalue weighted by Crippen LogP contribution is -2.47. The summed E-state index contributed by atoms with van der Waals surface area (Å²) in [5, 5.41) is 14.0. The molecule has 0 saturated heterocycles. The van der Waals surface area contributed by atoms with E-state index in [4.69, 9.17) is 9.84 Å². The second-order valence-corrected chi connectivity index (χ2v) is 5.08. The van der Waals surface area contributed by atoms with Crippen LogP contribution in [-0.2, 0) is 4.79 Å². The quantitative estimate of drug-likeness (QED) is 0.639. The fourth-order valence-corrected chi connectivity index (χ4v) is 1.75. The molecule has 0 aromatic heterocycles. The van der Waals surface area contributed by atoms with E-state index in [0.717, 1.165) is 5.75 Å². The van der Waals surface area contributed by atoms with E-state index in [0.29, 0.717) is 19.6 Å². The first-order chi connectivity index (χ1) is 9.99. The van der Waals surface area contributed by atoms with Crippen LogP contribution in [0.4, 0.5) is 4.79 Å². The molecule has 0 saturated carbocycles. The summed E-state index contributed by atoms with van der Waals surface area (Å²) in [5.41, 5.74) is 0. The Kier molecular flexibility index (Phi) is 7.08. The summed E-state index contributed by atoms with van der Waals surface area (Å²) >= 11 is 0. The van der Waals surface area contributed by atoms with Crippen molar-refractivity contribution in [2.24, 2.45) is 5.92 Å². The minimum absolute atomic E-state index is 0.188. The minimum atomic E-state index is -1.03. The van der Waals surface area contributed by atoms with E-state index in [9.17, 15) is 9.59 Å². The number of urea groups is 1. The van der Waals surface area contributed by atoms with Crippen molar-refractivity contribution in [3.8, 4) is 5.75 Å². The molecule has 0 aliphatic carbocycles. The molecule has 1 unspecified atom stereocenters. The monoisotopic (exact) mass is 294 g/mol. The summed E-state index contributed by atoms with van der Waals surface area (Å²) in [7, 11) is 0. The zero-order valence-corrected chi connectivity index (χ0v) is 12.3. The number of carboxylic acid groups (broad SMARTS) is 1. The zero-order chi connectivity index (χ0) is 15.7. The highest BCUT2D eigenvalue weighted by molar-refractivity contribution is 5.82. The number of carbonyl (C=O) groups is 2. The summed E-state index contributed by atoms with van der Waals surface area (Å²) in [6.45, 7) is 4.43. The Bertz CT molecular complexity index is 448. The fourth-order valence-electron chi connectivity index (χ4n) is 1.75. The number of carboxylic acids is 1. The van der Waals surface area contributed by atoms with Crippen LogP contribution in [0.1, 0.15) is 20.3 Å². The molecule has 0 heterocycles. The van der Waals surface area contributed by atoms with Crippen molar-refractivity contribution in [2.75, 3.05) is 13.2 Å². The van der Waals surface area contributed by atoms with Gasteiger partial charge in [0.2, 0.25) is 0 Å². The summed E-state index contributed by atoms with van der Waals surface area (Å²) in [4.78, 5) is 22.6. The average Bonchev–Trinajstić information content (AvgIpc) is 2.43. The second kappa shape index (κ2) is 8.84. The number of hydrogen-bond donors (Lipinski definition) is 3. The number of hydrogen-bond acceptors (Lipinski definition) is 3. The molecule has 1 atom stereocenters. The van der Waals surface area contributed by atoms with E-state index < -0.39 is 18.0 Å². The molecule has 6 nitrogen and oxygen atoms in total. The minimum Gasteiger partial charge on any atom is -0.492 e. The van der Waals surface area contributed by atoms with E-state index in [1.807, 2.05) is 44.2 Å². The Hall–Kier alpha value is -2.24. The molecule has 0 fully saturated rings. The van der Waals surface area contributed by atoms with Gasteiger partial charge in [0.05, 0.1) is 6.54 Å². The standard InChI is InChI=1S/C15H22N2O4/c1-11(2)10-13(14(18)19)17-15(20)16-8-9-21-12-6-4-3-5-7-12/h3-7,11,13H,8-10H2,1-2H3,(H,18,19)(H2,16,17,20). The molecular weight excluding hydrogens is 272 g/mol. The molecule has 0 aliphatic heterocycles. The molecule has 6 heteroatoms. The van der Waals surface area contributed by atoms with Gasteiger partial charge < -0.3 is 20.5 Å². The van der Waals surface area contributed by atoms with Gasteiger partial charge in [-0.15, -0.1) is 0 Å². The maximum absolute atomic E-state index is 11.6. The lowest BCUT2D eigenvalue weighted by atomic mass is 10.0. The zero-order valence-electron chi connectivity index (χ0n) is 12.3. The molecular formula is C15H22N2O4. The van der Waals surface area contributed by atoms with Gasteiger partial charge in [0.1, 0.15) is 18.4 Å². The number of aliphatic carboxylic acids is 1. The predicted octanol–water partition coefficient (Wildman–Crippen LogP) is 1.86. The van der Waals surface area contributed by atoms with Crippen LogP contribution in [-0.4, -0.2) is 36.3 Å². The van der Waals surface area contributed by atoms with Crippen LogP contribution >= 0.6 is 0 Å². The van der Waals surface area contributed by atoms with Gasteiger partial charge in [-0.25, -0.2) is 9.59 Å². The van der Waals surface area contributed by atoms with Gasteiger partial charge in [0.15, 0.2) is 0 Å². The van der Waals surface area contributed by atoms with Crippen LogP contribution < -0.4 is 15.4 Å². The molecule has 1 rings (SSSR count). The predicted molar refractivity (Wildman–Crippen MR) is 79.4 cm³/mol. The topological polar surface area (TPSA) is 87.7 Å². The maximum atomic E-state index is 11.6. The smallest absolute Gasteiger partial charge is 0.326 e. The number of nitrogens with one attached hydrogen (secondary N) is 2. The maximum Gasteiger partial charge on any atom is 0.326 e. The van der Waals surface area contributed by atoms with Crippen molar-refractivity contribution in [2.45, 2.75) is 26.3 Å². The van der Waals surface area contributed by atoms with Crippen molar-refractivity contribution < 1.29 is 19.4 Å². The first-order valence-corrected chi connectivity index (χ1v) is 6.94. The molecule has 1 aromatic rings. The molecule has 1 aromatic carbocycles. The van der Waals surface area contributed by atoms with Crippen LogP contribution in [0.15, 0.2) is 30.3 Å². The van der Waals surface area contributed by atoms with E-state index in [-0.39, 0.29) is 5.92 Å². The molecule has 2 amide bonds. The van der Waals surface area contributed by atoms with Gasteiger partial charge >= 0.3 is 12.0 Å². The van der Waals surface area contributed by atoms with E-state index >= 15 is 0 Å². The lowest BCUT2D eigenvalue weighted by molar-refractivity contribution is -0.139. The largest absolute Gasteiger partial charge is 0.492 e. The van der Waals surface area contributed by atoms with Crippen LogP contribution in [0.5, 0.6) is 5.75 Å². The van der Waals surface area contributed by atoms with Gasteiger partial charge in [-0.2, -0.15) is 0 Å². The number of benzene rings is 1. The highest BCUT2D eigenvalue weighted by Crippen LogP contribution is 2.07. The molecule has 3 N–H and O–H groups in total. The Balaban J connectivity index is 2.25. The number of rotatable bonds is 8. The van der Waals surface area contributed by atoms with Crippen LogP contribution in [0.25, 0.3) is 0 Å². The van der Waals surface area contributed by atoms with Crippen molar-refractivity contribution in [1.82, 2.24) is 10.6 Å². The summed E-state index contributed by atoms with van der Waals surface area (Å²) < 4.78 is 5.41. The fraction of sp³-hybridized carbons (Fsp3) is 0.467. The van der Waals surface area contributed by atoms with Gasteiger partial charge in [0, 0.05) is 0 Å². The Morgan fingerprint density at radius 3 is 2.48 bits per heavy atom. The second-order valence-electron chi connectivity index (χ2n) is 5.08. The summed E-state index contributed by atoms with van der Waals surface area (Å²) in [5.74, 6) is -0.116. The molecule has 0 aliphatic rings. The van der Waals surface area contributed by atoms with Crippen LogP contribution in [0, 0.1) is 5.92 Å². The third-order valence-electron chi connectivity index (χ3n) is 2.71. The average molecular weight is 294 g/mol. The Labute approximate surface area is 124 Å². The summed E-state index contributed by atoms with van der Waals surface area (Å²) in [6, 6.07) is 7.88. The van der Waals surface area contributed by atoms with E-state index in [1.165, 1.54) is 0 Å². The molecule has 116 valence electrons. The van der Waals surface area contributed by atoms with Crippen molar-refractivity contribution in [3.05, 3.63) is 30.3 Å². The SMILES string of the molecule is CC(C)CC(NC(=O)NCCOc1ccccc1)C(=O)O. The van der Waals surface area contributed by atoms with Gasteiger partial charge in [-0.1, -0.05) is 32.0 Å². The first kappa shape index (κ1) is 16.8. The lowest BCUT2D eigenvalue weighted by Gasteiger charge is -2.17. The van der Waals surface area contributed by atoms with Crippen LogP contribution in [0.3, 0.4) is 0 Å². The van der Waals surface area contributed by atoms with Crippen LogP contribution in [0.2, 0.25) is 0 Å². The Morgan fingerprint density at radius 2 is 1.90 bits per heavy atom. The molecule has 0 spiro atoms. The van der Waals surface area contributed by atoms with E-state index in [2.05, 4.69) is 10.6 Å². The number of ether oxygens (including phenoxy) is 1. The highest BCUT2D eigenvalue weighted by Gasteiger charge is 2.20. The third-order valence-corrected chi connectivity index (χ3v) is 2.71. The number of carbonyl (C=O) groups excluding carboxylic acids is 1. The van der Waals surface area contributed by atoms with Crippen molar-refractivity contribution in [1.29, 1.82) is 0 Å². The third kappa shape index (κ3) is 7.20. The molecule has 21 heavy (non-hydrogen) atoms. The van der Waals surface area contributed by atoms with Gasteiger partial charge in [-0.05, 0) is 24.5 Å². The van der Waals surface area contributed by atoms with E-state index in [1.54, 1.807) is 0 Å². The summed E-state index contributed by atoms with van der Waals surface area (Å²) in [6.07, 6.45) is 0.392. The molecule has 0 radical (unpaired) electrons. The first-order valence-electron chi connectivity index (χ1n) is 6.94.